The van der Waals surface area contributed by atoms with Gasteiger partial charge in [-0.1, -0.05) is 33.3 Å². The van der Waals surface area contributed by atoms with E-state index < -0.39 is 22.2 Å². The van der Waals surface area contributed by atoms with Crippen molar-refractivity contribution >= 4 is 43.2 Å². The Bertz CT molecular complexity index is 1510. The minimum atomic E-state index is -4.16. The molecule has 1 unspecified atom stereocenters. The van der Waals surface area contributed by atoms with E-state index in [2.05, 4.69) is 30.4 Å². The maximum atomic E-state index is 12.8. The van der Waals surface area contributed by atoms with Gasteiger partial charge in [0.1, 0.15) is 11.3 Å². The third-order valence-corrected chi connectivity index (χ3v) is 8.60. The summed E-state index contributed by atoms with van der Waals surface area (Å²) >= 11 is 3.46. The number of aliphatic hydroxyl groups excluding tert-OH is 1. The van der Waals surface area contributed by atoms with Gasteiger partial charge in [0, 0.05) is 37.0 Å². The lowest BCUT2D eigenvalue weighted by molar-refractivity contribution is -0.143. The molecule has 1 N–H and O–H groups in total. The summed E-state index contributed by atoms with van der Waals surface area (Å²) in [5, 5.41) is 19.2. The van der Waals surface area contributed by atoms with Crippen LogP contribution in [0.15, 0.2) is 42.4 Å². The van der Waals surface area contributed by atoms with Gasteiger partial charge in [-0.15, -0.1) is 5.10 Å². The van der Waals surface area contributed by atoms with E-state index in [-0.39, 0.29) is 32.1 Å². The molecule has 0 bridgehead atoms. The lowest BCUT2D eigenvalue weighted by atomic mass is 9.84. The fraction of sp³-hybridized carbons (Fsp3) is 0.444. The van der Waals surface area contributed by atoms with Crippen LogP contribution >= 0.6 is 15.9 Å². The highest BCUT2D eigenvalue weighted by Gasteiger charge is 2.30. The normalized spacial score (nSPS) is 15.8. The van der Waals surface area contributed by atoms with Gasteiger partial charge in [-0.25, -0.2) is 4.68 Å². The third kappa shape index (κ3) is 6.76. The van der Waals surface area contributed by atoms with Crippen molar-refractivity contribution in [3.63, 3.8) is 0 Å². The van der Waals surface area contributed by atoms with Gasteiger partial charge in [-0.05, 0) is 67.1 Å². The molecule has 1 aliphatic heterocycles. The SMILES string of the molecule is CCOC(=O)CC(c1cc(CN2CC=C(O)OS2(=O)=O)cc(OC)c1)c1ccc2c(nnn2CCCCBr)c1C. The number of methoxy groups -OCH3 is 1. The minimum absolute atomic E-state index is 0.0246. The van der Waals surface area contributed by atoms with Crippen LogP contribution in [0.3, 0.4) is 0 Å². The number of alkyl halides is 1. The van der Waals surface area contributed by atoms with Crippen LogP contribution in [0, 0.1) is 6.92 Å². The highest BCUT2D eigenvalue weighted by Crippen LogP contribution is 2.36. The number of ether oxygens (including phenoxy) is 2. The van der Waals surface area contributed by atoms with Crippen LogP contribution in [0.1, 0.15) is 54.4 Å². The Hall–Kier alpha value is -3.16. The van der Waals surface area contributed by atoms with E-state index in [9.17, 15) is 18.3 Å². The van der Waals surface area contributed by atoms with Crippen molar-refractivity contribution in [2.45, 2.75) is 52.1 Å². The van der Waals surface area contributed by atoms with Crippen LogP contribution in [0.2, 0.25) is 0 Å². The molecule has 0 amide bonds. The molecular formula is C27H33BrN4O7S. The number of hydrogen-bond acceptors (Lipinski definition) is 9. The summed E-state index contributed by atoms with van der Waals surface area (Å²) in [5.74, 6) is -0.925. The van der Waals surface area contributed by atoms with Crippen molar-refractivity contribution in [2.24, 2.45) is 0 Å². The van der Waals surface area contributed by atoms with Crippen LogP contribution in [0.5, 0.6) is 5.75 Å². The summed E-state index contributed by atoms with van der Waals surface area (Å²) in [7, 11) is -2.64. The Balaban J connectivity index is 1.75. The van der Waals surface area contributed by atoms with Crippen molar-refractivity contribution < 1.29 is 32.0 Å². The molecule has 0 radical (unpaired) electrons. The molecule has 4 rings (SSSR count). The summed E-state index contributed by atoms with van der Waals surface area (Å²) < 4.78 is 43.4. The van der Waals surface area contributed by atoms with Gasteiger partial charge in [0.05, 0.1) is 25.7 Å². The largest absolute Gasteiger partial charge is 0.497 e. The molecule has 0 fully saturated rings. The Kier molecular flexibility index (Phi) is 9.69. The Morgan fingerprint density at radius 1 is 1.25 bits per heavy atom. The molecule has 0 saturated heterocycles. The number of esters is 1. The highest BCUT2D eigenvalue weighted by molar-refractivity contribution is 9.09. The summed E-state index contributed by atoms with van der Waals surface area (Å²) in [5.41, 5.74) is 4.84. The standard InChI is InChI=1S/C27H33BrN4O7S/c1-4-38-26(34)16-23(22-7-8-24-27(18(22)2)29-30-32(24)11-6-5-10-28)20-13-19(14-21(15-20)37-3)17-31-12-9-25(33)39-40(31,35)36/h7-9,13-15,23,33H,4-6,10-12,16-17H2,1-3H3. The van der Waals surface area contributed by atoms with Crippen LogP contribution in [-0.4, -0.2) is 64.4 Å². The molecule has 0 aliphatic carbocycles. The number of aromatic nitrogens is 3. The first kappa shape index (κ1) is 29.8. The first-order chi connectivity index (χ1) is 19.2. The molecule has 1 atom stereocenters. The molecule has 0 spiro atoms. The van der Waals surface area contributed by atoms with Crippen LogP contribution in [-0.2, 0) is 37.1 Å². The van der Waals surface area contributed by atoms with Gasteiger partial charge < -0.3 is 18.8 Å². The van der Waals surface area contributed by atoms with E-state index in [1.54, 1.807) is 13.0 Å². The van der Waals surface area contributed by atoms with E-state index in [0.29, 0.717) is 11.3 Å². The molecule has 0 saturated carbocycles. The van der Waals surface area contributed by atoms with Crippen molar-refractivity contribution in [1.82, 2.24) is 19.3 Å². The number of hydrogen-bond donors (Lipinski definition) is 1. The molecule has 13 heteroatoms. The van der Waals surface area contributed by atoms with Crippen molar-refractivity contribution in [1.29, 1.82) is 0 Å². The fourth-order valence-electron chi connectivity index (χ4n) is 4.79. The first-order valence-electron chi connectivity index (χ1n) is 13.0. The van der Waals surface area contributed by atoms with E-state index in [1.807, 2.05) is 35.9 Å². The second-order valence-corrected chi connectivity index (χ2v) is 11.7. The predicted molar refractivity (Wildman–Crippen MR) is 153 cm³/mol. The summed E-state index contributed by atoms with van der Waals surface area (Å²) in [4.78, 5) is 12.8. The molecule has 2 aromatic carbocycles. The average Bonchev–Trinajstić information content (AvgIpc) is 3.33. The average molecular weight is 638 g/mol. The second-order valence-electron chi connectivity index (χ2n) is 9.41. The summed E-state index contributed by atoms with van der Waals surface area (Å²) in [6.45, 7) is 4.66. The summed E-state index contributed by atoms with van der Waals surface area (Å²) in [6, 6.07) is 9.37. The number of fused-ring (bicyclic) bond motifs is 1. The molecular weight excluding hydrogens is 604 g/mol. The van der Waals surface area contributed by atoms with Crippen LogP contribution < -0.4 is 4.74 Å². The van der Waals surface area contributed by atoms with Gasteiger partial charge in [0.2, 0.25) is 0 Å². The lowest BCUT2D eigenvalue weighted by Crippen LogP contribution is -2.35. The minimum Gasteiger partial charge on any atom is -0.497 e. The zero-order chi connectivity index (χ0) is 28.9. The first-order valence-corrected chi connectivity index (χ1v) is 15.5. The van der Waals surface area contributed by atoms with E-state index in [0.717, 1.165) is 56.7 Å². The van der Waals surface area contributed by atoms with E-state index in [4.69, 9.17) is 9.47 Å². The zero-order valence-electron chi connectivity index (χ0n) is 22.7. The maximum Gasteiger partial charge on any atom is 0.388 e. The molecule has 40 heavy (non-hydrogen) atoms. The van der Waals surface area contributed by atoms with E-state index >= 15 is 0 Å². The second kappa shape index (κ2) is 13.0. The van der Waals surface area contributed by atoms with Crippen molar-refractivity contribution in [2.75, 3.05) is 25.6 Å². The molecule has 2 heterocycles. The number of carbonyl (C=O) groups excluding carboxylic acids is 1. The Morgan fingerprint density at radius 3 is 2.75 bits per heavy atom. The predicted octanol–water partition coefficient (Wildman–Crippen LogP) is 4.48. The van der Waals surface area contributed by atoms with Gasteiger partial charge in [0.15, 0.2) is 0 Å². The Morgan fingerprint density at radius 2 is 2.05 bits per heavy atom. The number of halogens is 1. The number of carbonyl (C=O) groups is 1. The molecule has 11 nitrogen and oxygen atoms in total. The van der Waals surface area contributed by atoms with Crippen molar-refractivity contribution in [3.05, 3.63) is 64.6 Å². The number of nitrogens with zero attached hydrogens (tertiary/aromatic N) is 4. The third-order valence-electron chi connectivity index (χ3n) is 6.75. The highest BCUT2D eigenvalue weighted by atomic mass is 79.9. The molecule has 216 valence electrons. The van der Waals surface area contributed by atoms with E-state index in [1.165, 1.54) is 13.2 Å². The van der Waals surface area contributed by atoms with Gasteiger partial charge in [0.25, 0.3) is 5.95 Å². The molecule has 1 aromatic heterocycles. The van der Waals surface area contributed by atoms with Crippen LogP contribution in [0.25, 0.3) is 11.0 Å². The zero-order valence-corrected chi connectivity index (χ0v) is 25.1. The fourth-order valence-corrected chi connectivity index (χ4v) is 6.14. The molecule has 1 aliphatic rings. The van der Waals surface area contributed by atoms with Gasteiger partial charge in [-0.2, -0.15) is 12.7 Å². The van der Waals surface area contributed by atoms with Gasteiger partial charge in [-0.3, -0.25) is 4.79 Å². The number of rotatable bonds is 12. The number of aliphatic hydroxyl groups is 1. The molecule has 3 aromatic rings. The van der Waals surface area contributed by atoms with Crippen LogP contribution in [0.4, 0.5) is 0 Å². The summed E-state index contributed by atoms with van der Waals surface area (Å²) in [6.07, 6.45) is 3.33. The van der Waals surface area contributed by atoms with Crippen molar-refractivity contribution in [3.8, 4) is 5.75 Å². The quantitative estimate of drug-likeness (QED) is 0.173. The lowest BCUT2D eigenvalue weighted by Gasteiger charge is -2.25. The monoisotopic (exact) mass is 636 g/mol. The Labute approximate surface area is 242 Å². The van der Waals surface area contributed by atoms with Gasteiger partial charge >= 0.3 is 16.3 Å². The topological polar surface area (TPSA) is 133 Å². The maximum absolute atomic E-state index is 12.8. The number of unbranched alkanes of at least 4 members (excludes halogenated alkanes) is 1. The number of benzene rings is 2. The smallest absolute Gasteiger partial charge is 0.388 e. The number of aryl methyl sites for hydroxylation is 2.